The van der Waals surface area contributed by atoms with Gasteiger partial charge in [-0.2, -0.15) is 5.26 Å². The lowest BCUT2D eigenvalue weighted by molar-refractivity contribution is 0.0943. The van der Waals surface area contributed by atoms with Gasteiger partial charge in [0.1, 0.15) is 5.41 Å². The lowest BCUT2D eigenvalue weighted by Crippen LogP contribution is -2.45. The third kappa shape index (κ3) is 4.61. The fraction of sp³-hybridized carbons (Fsp3) is 0.387. The van der Waals surface area contributed by atoms with Crippen molar-refractivity contribution in [3.63, 3.8) is 0 Å². The van der Waals surface area contributed by atoms with E-state index in [1.165, 1.54) is 50.6 Å². The molecule has 2 nitrogen and oxygen atoms in total. The molecule has 2 unspecified atom stereocenters. The number of nitrogens with zero attached hydrogens (tertiary/aromatic N) is 2. The molecule has 2 heteroatoms. The average molecular weight is 435 g/mol. The Hall–Kier alpha value is -2.89. The molecule has 168 valence electrons. The van der Waals surface area contributed by atoms with E-state index in [0.29, 0.717) is 18.0 Å². The number of rotatable bonds is 8. The van der Waals surface area contributed by atoms with Gasteiger partial charge in [-0.15, -0.1) is 0 Å². The van der Waals surface area contributed by atoms with E-state index in [0.717, 1.165) is 17.5 Å². The van der Waals surface area contributed by atoms with E-state index < -0.39 is 5.41 Å². The van der Waals surface area contributed by atoms with Gasteiger partial charge in [-0.1, -0.05) is 91.0 Å². The Bertz CT molecular complexity index is 1000. The van der Waals surface area contributed by atoms with Gasteiger partial charge in [0.2, 0.25) is 0 Å². The van der Waals surface area contributed by atoms with Crippen LogP contribution in [0.2, 0.25) is 0 Å². The van der Waals surface area contributed by atoms with Gasteiger partial charge in [0.15, 0.2) is 0 Å². The second-order valence-corrected chi connectivity index (χ2v) is 10.0. The van der Waals surface area contributed by atoms with Crippen molar-refractivity contribution in [3.8, 4) is 6.07 Å². The molecule has 0 aliphatic carbocycles. The summed E-state index contributed by atoms with van der Waals surface area (Å²) in [6.07, 6.45) is 8.42. The van der Waals surface area contributed by atoms with Gasteiger partial charge in [0.25, 0.3) is 0 Å². The van der Waals surface area contributed by atoms with Crippen molar-refractivity contribution in [2.75, 3.05) is 6.54 Å². The van der Waals surface area contributed by atoms with Gasteiger partial charge in [-0.25, -0.2) is 0 Å². The zero-order chi connectivity index (χ0) is 22.5. The summed E-state index contributed by atoms with van der Waals surface area (Å²) in [5.74, 6) is 0.591. The number of piperidine rings is 1. The van der Waals surface area contributed by atoms with Gasteiger partial charge >= 0.3 is 0 Å². The van der Waals surface area contributed by atoms with E-state index in [1.807, 2.05) is 12.1 Å². The van der Waals surface area contributed by atoms with Crippen LogP contribution in [-0.2, 0) is 11.8 Å². The normalized spacial score (nSPS) is 22.7. The Balaban J connectivity index is 1.30. The van der Waals surface area contributed by atoms with E-state index in [-0.39, 0.29) is 0 Å². The molecule has 0 radical (unpaired) electrons. The number of hydrogen-bond donors (Lipinski definition) is 0. The molecule has 3 aromatic carbocycles. The third-order valence-corrected chi connectivity index (χ3v) is 8.03. The lowest BCUT2D eigenvalue weighted by Gasteiger charge is -2.42. The van der Waals surface area contributed by atoms with Crippen molar-refractivity contribution >= 4 is 0 Å². The molecular formula is C31H34N2. The molecule has 2 saturated heterocycles. The molecule has 2 bridgehead atoms. The molecule has 2 atom stereocenters. The first-order chi connectivity index (χ1) is 16.3. The lowest BCUT2D eigenvalue weighted by atomic mass is 9.68. The fourth-order valence-electron chi connectivity index (χ4n) is 6.48. The fourth-order valence-corrected chi connectivity index (χ4v) is 6.48. The molecule has 0 amide bonds. The minimum atomic E-state index is -0.567. The monoisotopic (exact) mass is 434 g/mol. The Kier molecular flexibility index (Phi) is 6.60. The van der Waals surface area contributed by atoms with Gasteiger partial charge in [0, 0.05) is 12.1 Å². The van der Waals surface area contributed by atoms with Crippen LogP contribution in [0, 0.1) is 17.2 Å². The number of hydrogen-bond acceptors (Lipinski definition) is 2. The standard InChI is InChI=1S/C31H34N2/c32-24-31(27-14-6-2-7-15-27,28-16-8-3-9-17-28)23-26-21-29-18-19-30(22-26)33(29)20-10-13-25-11-4-1-5-12-25/h1-9,11-12,14-17,26,29-30H,10,13,18-23H2. The van der Waals surface area contributed by atoms with Crippen LogP contribution in [0.15, 0.2) is 91.0 Å². The number of nitriles is 1. The molecule has 0 spiro atoms. The van der Waals surface area contributed by atoms with Crippen LogP contribution < -0.4 is 0 Å². The van der Waals surface area contributed by atoms with Crippen molar-refractivity contribution in [2.24, 2.45) is 5.92 Å². The molecule has 33 heavy (non-hydrogen) atoms. The summed E-state index contributed by atoms with van der Waals surface area (Å²) >= 11 is 0. The van der Waals surface area contributed by atoms with Gasteiger partial charge < -0.3 is 0 Å². The maximum Gasteiger partial charge on any atom is 0.107 e. The maximum atomic E-state index is 10.6. The first-order valence-corrected chi connectivity index (χ1v) is 12.6. The second-order valence-electron chi connectivity index (χ2n) is 10.0. The van der Waals surface area contributed by atoms with Crippen LogP contribution in [0.25, 0.3) is 0 Å². The molecule has 5 rings (SSSR count). The molecule has 2 fully saturated rings. The number of fused-ring (bicyclic) bond motifs is 2. The highest BCUT2D eigenvalue weighted by Crippen LogP contribution is 2.46. The summed E-state index contributed by atoms with van der Waals surface area (Å²) in [4.78, 5) is 2.80. The van der Waals surface area contributed by atoms with E-state index in [4.69, 9.17) is 0 Å². The average Bonchev–Trinajstić information content (AvgIpc) is 3.12. The summed E-state index contributed by atoms with van der Waals surface area (Å²) in [7, 11) is 0. The first-order valence-electron chi connectivity index (χ1n) is 12.6. The molecule has 2 aliphatic heterocycles. The predicted molar refractivity (Wildman–Crippen MR) is 135 cm³/mol. The van der Waals surface area contributed by atoms with E-state index in [2.05, 4.69) is 89.8 Å². The Morgan fingerprint density at radius 2 is 1.27 bits per heavy atom. The highest BCUT2D eigenvalue weighted by atomic mass is 15.2. The minimum absolute atomic E-state index is 0.567. The van der Waals surface area contributed by atoms with Gasteiger partial charge in [-0.05, 0) is 74.1 Å². The summed E-state index contributed by atoms with van der Waals surface area (Å²) in [5, 5.41) is 10.6. The van der Waals surface area contributed by atoms with Crippen molar-refractivity contribution in [1.29, 1.82) is 5.26 Å². The van der Waals surface area contributed by atoms with Gasteiger partial charge in [-0.3, -0.25) is 4.90 Å². The van der Waals surface area contributed by atoms with Crippen molar-refractivity contribution < 1.29 is 0 Å². The molecule has 0 N–H and O–H groups in total. The van der Waals surface area contributed by atoms with E-state index in [1.54, 1.807) is 0 Å². The molecule has 3 aromatic rings. The van der Waals surface area contributed by atoms with Crippen molar-refractivity contribution in [1.82, 2.24) is 4.90 Å². The summed E-state index contributed by atoms with van der Waals surface area (Å²) in [6.45, 7) is 1.21. The largest absolute Gasteiger partial charge is 0.297 e. The number of aryl methyl sites for hydroxylation is 1. The predicted octanol–water partition coefficient (Wildman–Crippen LogP) is 6.76. The van der Waals surface area contributed by atoms with Crippen LogP contribution in [0.4, 0.5) is 0 Å². The summed E-state index contributed by atoms with van der Waals surface area (Å²) in [6, 6.07) is 36.0. The third-order valence-electron chi connectivity index (χ3n) is 8.03. The summed E-state index contributed by atoms with van der Waals surface area (Å²) in [5.41, 5.74) is 3.15. The topological polar surface area (TPSA) is 27.0 Å². The Morgan fingerprint density at radius 3 is 1.79 bits per heavy atom. The Labute approximate surface area is 198 Å². The molecular weight excluding hydrogens is 400 g/mol. The van der Waals surface area contributed by atoms with Crippen molar-refractivity contribution in [2.45, 2.75) is 62.4 Å². The van der Waals surface area contributed by atoms with Crippen LogP contribution in [0.1, 0.15) is 55.2 Å². The highest BCUT2D eigenvalue weighted by molar-refractivity contribution is 5.46. The maximum absolute atomic E-state index is 10.6. The van der Waals surface area contributed by atoms with Crippen molar-refractivity contribution in [3.05, 3.63) is 108 Å². The molecule has 2 heterocycles. The number of benzene rings is 3. The SMILES string of the molecule is N#CC(CC1CC2CCC(C1)N2CCCc1ccccc1)(c1ccccc1)c1ccccc1. The summed E-state index contributed by atoms with van der Waals surface area (Å²) < 4.78 is 0. The molecule has 2 aliphatic rings. The quantitative estimate of drug-likeness (QED) is 0.391. The van der Waals surface area contributed by atoms with E-state index in [9.17, 15) is 5.26 Å². The zero-order valence-corrected chi connectivity index (χ0v) is 19.4. The van der Waals surface area contributed by atoms with Crippen LogP contribution in [0.3, 0.4) is 0 Å². The van der Waals surface area contributed by atoms with E-state index >= 15 is 0 Å². The molecule has 0 aromatic heterocycles. The van der Waals surface area contributed by atoms with Crippen LogP contribution in [0.5, 0.6) is 0 Å². The smallest absolute Gasteiger partial charge is 0.107 e. The van der Waals surface area contributed by atoms with Gasteiger partial charge in [0.05, 0.1) is 6.07 Å². The zero-order valence-electron chi connectivity index (χ0n) is 19.4. The second kappa shape index (κ2) is 9.94. The highest BCUT2D eigenvalue weighted by Gasteiger charge is 2.44. The van der Waals surface area contributed by atoms with Crippen LogP contribution >= 0.6 is 0 Å². The molecule has 0 saturated carbocycles. The Morgan fingerprint density at radius 1 is 0.758 bits per heavy atom. The van der Waals surface area contributed by atoms with Crippen LogP contribution in [-0.4, -0.2) is 23.5 Å². The minimum Gasteiger partial charge on any atom is -0.297 e. The first kappa shape index (κ1) is 21.9.